The van der Waals surface area contributed by atoms with Crippen LogP contribution >= 0.6 is 0 Å². The number of nitrogens with one attached hydrogen (secondary N) is 1. The fourth-order valence-corrected chi connectivity index (χ4v) is 1.74. The molecule has 0 aliphatic heterocycles. The Morgan fingerprint density at radius 3 is 2.21 bits per heavy atom. The third-order valence-corrected chi connectivity index (χ3v) is 2.84. The molecule has 0 heterocycles. The molecule has 0 aliphatic rings. The number of amides is 1. The van der Waals surface area contributed by atoms with Gasteiger partial charge in [-0.2, -0.15) is 0 Å². The van der Waals surface area contributed by atoms with E-state index in [1.165, 1.54) is 5.56 Å². The summed E-state index contributed by atoms with van der Waals surface area (Å²) in [4.78, 5) is 11.3. The van der Waals surface area contributed by atoms with Gasteiger partial charge < -0.3 is 15.8 Å². The molecule has 0 spiro atoms. The molecule has 19 heavy (non-hydrogen) atoms. The first-order chi connectivity index (χ1) is 8.90. The van der Waals surface area contributed by atoms with Gasteiger partial charge in [0.1, 0.15) is 18.4 Å². The third kappa shape index (κ3) is 5.30. The van der Waals surface area contributed by atoms with Gasteiger partial charge in [-0.25, -0.2) is 0 Å². The van der Waals surface area contributed by atoms with Gasteiger partial charge in [0, 0.05) is 6.04 Å². The van der Waals surface area contributed by atoms with Crippen molar-refractivity contribution in [2.24, 2.45) is 5.73 Å². The second-order valence-electron chi connectivity index (χ2n) is 5.31. The van der Waals surface area contributed by atoms with Crippen molar-refractivity contribution < 1.29 is 9.53 Å². The van der Waals surface area contributed by atoms with E-state index in [2.05, 4.69) is 19.2 Å². The lowest BCUT2D eigenvalue weighted by atomic mass is 10.0. The maximum Gasteiger partial charge on any atom is 0.238 e. The summed E-state index contributed by atoms with van der Waals surface area (Å²) < 4.78 is 5.60. The van der Waals surface area contributed by atoms with Crippen molar-refractivity contribution >= 4 is 5.91 Å². The molecule has 106 valence electrons. The Hall–Kier alpha value is -1.55. The van der Waals surface area contributed by atoms with Crippen LogP contribution in [-0.4, -0.2) is 24.6 Å². The zero-order valence-corrected chi connectivity index (χ0v) is 12.1. The maximum absolute atomic E-state index is 11.3. The van der Waals surface area contributed by atoms with E-state index in [9.17, 15) is 4.79 Å². The second kappa shape index (κ2) is 7.14. The van der Waals surface area contributed by atoms with E-state index in [4.69, 9.17) is 10.5 Å². The molecule has 1 atom stereocenters. The average molecular weight is 264 g/mol. The number of hydrogen-bond donors (Lipinski definition) is 2. The minimum Gasteiger partial charge on any atom is -0.491 e. The van der Waals surface area contributed by atoms with Crippen molar-refractivity contribution in [3.05, 3.63) is 29.8 Å². The molecule has 1 unspecified atom stereocenters. The lowest BCUT2D eigenvalue weighted by molar-refractivity contribution is -0.120. The van der Waals surface area contributed by atoms with E-state index in [0.29, 0.717) is 5.92 Å². The molecule has 0 radical (unpaired) electrons. The van der Waals surface area contributed by atoms with E-state index in [-0.39, 0.29) is 12.6 Å². The van der Waals surface area contributed by atoms with Crippen LogP contribution in [0.3, 0.4) is 0 Å². The predicted molar refractivity (Wildman–Crippen MR) is 77.3 cm³/mol. The number of benzene rings is 1. The summed E-state index contributed by atoms with van der Waals surface area (Å²) in [5.74, 6) is 0.851. The van der Waals surface area contributed by atoms with Crippen molar-refractivity contribution in [1.82, 2.24) is 5.32 Å². The monoisotopic (exact) mass is 264 g/mol. The number of rotatable bonds is 7. The normalized spacial score (nSPS) is 12.7. The van der Waals surface area contributed by atoms with Gasteiger partial charge in [0.2, 0.25) is 5.91 Å². The second-order valence-corrected chi connectivity index (χ2v) is 5.31. The van der Waals surface area contributed by atoms with E-state index < -0.39 is 11.9 Å². The van der Waals surface area contributed by atoms with Crippen LogP contribution in [0.5, 0.6) is 5.75 Å². The summed E-state index contributed by atoms with van der Waals surface area (Å²) in [5, 5.41) is 3.08. The summed E-state index contributed by atoms with van der Waals surface area (Å²) in [7, 11) is 0. The standard InChI is InChI=1S/C15H24N2O2/c1-10(2)12-5-7-13(8-6-12)19-9-14(15(16)18)17-11(3)4/h5-8,10-11,14,17H,9H2,1-4H3,(H2,16,18). The first-order valence-electron chi connectivity index (χ1n) is 6.68. The zero-order valence-electron chi connectivity index (χ0n) is 12.1. The Bertz CT molecular complexity index is 399. The smallest absolute Gasteiger partial charge is 0.238 e. The van der Waals surface area contributed by atoms with Crippen LogP contribution in [0.4, 0.5) is 0 Å². The molecule has 0 aliphatic carbocycles. The van der Waals surface area contributed by atoms with Crippen molar-refractivity contribution in [2.75, 3.05) is 6.61 Å². The molecule has 0 bridgehead atoms. The number of carbonyl (C=O) groups excluding carboxylic acids is 1. The lowest BCUT2D eigenvalue weighted by Crippen LogP contribution is -2.48. The van der Waals surface area contributed by atoms with E-state index in [1.54, 1.807) is 0 Å². The molecule has 1 rings (SSSR count). The quantitative estimate of drug-likeness (QED) is 0.792. The molecular weight excluding hydrogens is 240 g/mol. The van der Waals surface area contributed by atoms with Gasteiger partial charge in [0.25, 0.3) is 0 Å². The van der Waals surface area contributed by atoms with Gasteiger partial charge in [-0.15, -0.1) is 0 Å². The highest BCUT2D eigenvalue weighted by Crippen LogP contribution is 2.18. The van der Waals surface area contributed by atoms with Crippen LogP contribution < -0.4 is 15.8 Å². The largest absolute Gasteiger partial charge is 0.491 e. The van der Waals surface area contributed by atoms with Crippen molar-refractivity contribution in [3.63, 3.8) is 0 Å². The molecule has 1 aromatic rings. The fraction of sp³-hybridized carbons (Fsp3) is 0.533. The summed E-state index contributed by atoms with van der Waals surface area (Å²) in [5.41, 5.74) is 6.59. The number of hydrogen-bond acceptors (Lipinski definition) is 3. The van der Waals surface area contributed by atoms with Gasteiger partial charge in [0.15, 0.2) is 0 Å². The van der Waals surface area contributed by atoms with E-state index in [0.717, 1.165) is 5.75 Å². The van der Waals surface area contributed by atoms with Gasteiger partial charge in [-0.3, -0.25) is 4.79 Å². The fourth-order valence-electron chi connectivity index (χ4n) is 1.74. The third-order valence-electron chi connectivity index (χ3n) is 2.84. The Morgan fingerprint density at radius 2 is 1.79 bits per heavy atom. The highest BCUT2D eigenvalue weighted by Gasteiger charge is 2.16. The molecule has 0 fully saturated rings. The molecule has 1 aromatic carbocycles. The molecule has 0 saturated heterocycles. The maximum atomic E-state index is 11.3. The van der Waals surface area contributed by atoms with Crippen LogP contribution in [0.25, 0.3) is 0 Å². The highest BCUT2D eigenvalue weighted by molar-refractivity contribution is 5.80. The Morgan fingerprint density at radius 1 is 1.21 bits per heavy atom. The first-order valence-corrected chi connectivity index (χ1v) is 6.68. The Balaban J connectivity index is 2.56. The van der Waals surface area contributed by atoms with Gasteiger partial charge in [-0.05, 0) is 23.6 Å². The minimum atomic E-state index is -0.468. The first kappa shape index (κ1) is 15.5. The Labute approximate surface area is 115 Å². The number of primary amides is 1. The molecule has 1 amide bonds. The number of ether oxygens (including phenoxy) is 1. The summed E-state index contributed by atoms with van der Waals surface area (Å²) >= 11 is 0. The van der Waals surface area contributed by atoms with Gasteiger partial charge >= 0.3 is 0 Å². The van der Waals surface area contributed by atoms with Crippen molar-refractivity contribution in [1.29, 1.82) is 0 Å². The van der Waals surface area contributed by atoms with Crippen molar-refractivity contribution in [3.8, 4) is 5.75 Å². The predicted octanol–water partition coefficient (Wildman–Crippen LogP) is 2.04. The lowest BCUT2D eigenvalue weighted by Gasteiger charge is -2.18. The number of carbonyl (C=O) groups is 1. The topological polar surface area (TPSA) is 64.3 Å². The summed E-state index contributed by atoms with van der Waals surface area (Å²) in [6, 6.07) is 7.63. The Kier molecular flexibility index (Phi) is 5.83. The minimum absolute atomic E-state index is 0.185. The SMILES string of the molecule is CC(C)NC(COc1ccc(C(C)C)cc1)C(N)=O. The van der Waals surface area contributed by atoms with Crippen molar-refractivity contribution in [2.45, 2.75) is 45.7 Å². The van der Waals surface area contributed by atoms with Gasteiger partial charge in [-0.1, -0.05) is 39.8 Å². The molecular formula is C15H24N2O2. The zero-order chi connectivity index (χ0) is 14.4. The number of nitrogens with two attached hydrogens (primary N) is 1. The van der Waals surface area contributed by atoms with Crippen LogP contribution in [0.2, 0.25) is 0 Å². The van der Waals surface area contributed by atoms with Crippen LogP contribution in [-0.2, 0) is 4.79 Å². The van der Waals surface area contributed by atoms with Crippen LogP contribution in [0.15, 0.2) is 24.3 Å². The molecule has 0 saturated carbocycles. The van der Waals surface area contributed by atoms with Gasteiger partial charge in [0.05, 0.1) is 0 Å². The highest BCUT2D eigenvalue weighted by atomic mass is 16.5. The molecule has 4 nitrogen and oxygen atoms in total. The van der Waals surface area contributed by atoms with Crippen LogP contribution in [0, 0.1) is 0 Å². The average Bonchev–Trinajstić information content (AvgIpc) is 2.34. The summed E-state index contributed by atoms with van der Waals surface area (Å²) in [6.07, 6.45) is 0. The van der Waals surface area contributed by atoms with Crippen LogP contribution in [0.1, 0.15) is 39.2 Å². The molecule has 0 aromatic heterocycles. The van der Waals surface area contributed by atoms with E-state index in [1.807, 2.05) is 38.1 Å². The molecule has 3 N–H and O–H groups in total. The molecule has 4 heteroatoms. The summed E-state index contributed by atoms with van der Waals surface area (Å²) in [6.45, 7) is 8.46. The van der Waals surface area contributed by atoms with E-state index >= 15 is 0 Å².